The number of aliphatic carboxylic acids is 1. The predicted molar refractivity (Wildman–Crippen MR) is 66.6 cm³/mol. The highest BCUT2D eigenvalue weighted by Crippen LogP contribution is 2.39. The lowest BCUT2D eigenvalue weighted by Crippen LogP contribution is -2.04. The Morgan fingerprint density at radius 3 is 2.32 bits per heavy atom. The molecule has 0 atom stereocenters. The molecule has 0 spiro atoms. The zero-order valence-corrected chi connectivity index (χ0v) is 11.2. The fourth-order valence-electron chi connectivity index (χ4n) is 1.81. The van der Waals surface area contributed by atoms with E-state index in [1.54, 1.807) is 0 Å². The van der Waals surface area contributed by atoms with Crippen molar-refractivity contribution in [3.63, 3.8) is 0 Å². The van der Waals surface area contributed by atoms with Crippen LogP contribution in [0.5, 0.6) is 17.2 Å². The molecule has 0 bridgehead atoms. The van der Waals surface area contributed by atoms with E-state index in [1.807, 2.05) is 0 Å². The maximum atomic E-state index is 14.2. The molecule has 106 valence electrons. The van der Waals surface area contributed by atoms with Gasteiger partial charge >= 0.3 is 5.97 Å². The SMILES string of the molecule is COc1cc(OC)c(OC)c(CCCC(=O)O)c1F. The highest BCUT2D eigenvalue weighted by atomic mass is 19.1. The molecule has 19 heavy (non-hydrogen) atoms. The van der Waals surface area contributed by atoms with Crippen molar-refractivity contribution < 1.29 is 28.5 Å². The van der Waals surface area contributed by atoms with Crippen LogP contribution in [-0.4, -0.2) is 32.4 Å². The van der Waals surface area contributed by atoms with E-state index in [2.05, 4.69) is 0 Å². The molecule has 5 nitrogen and oxygen atoms in total. The van der Waals surface area contributed by atoms with E-state index in [0.29, 0.717) is 12.2 Å². The first-order chi connectivity index (χ1) is 9.04. The molecule has 0 aliphatic heterocycles. The summed E-state index contributed by atoms with van der Waals surface area (Å²) in [5.41, 5.74) is 0.264. The predicted octanol–water partition coefficient (Wildman–Crippen LogP) is 2.26. The molecule has 1 aromatic carbocycles. The zero-order valence-electron chi connectivity index (χ0n) is 11.2. The summed E-state index contributed by atoms with van der Waals surface area (Å²) in [5, 5.41) is 8.61. The van der Waals surface area contributed by atoms with Gasteiger partial charge in [-0.2, -0.15) is 0 Å². The van der Waals surface area contributed by atoms with Crippen molar-refractivity contribution in [1.29, 1.82) is 0 Å². The molecule has 1 rings (SSSR count). The maximum absolute atomic E-state index is 14.2. The van der Waals surface area contributed by atoms with E-state index in [9.17, 15) is 9.18 Å². The largest absolute Gasteiger partial charge is 0.494 e. The molecule has 1 N–H and O–H groups in total. The van der Waals surface area contributed by atoms with Crippen LogP contribution in [0.3, 0.4) is 0 Å². The minimum atomic E-state index is -0.922. The van der Waals surface area contributed by atoms with Crippen LogP contribution >= 0.6 is 0 Å². The zero-order chi connectivity index (χ0) is 14.4. The second-order valence-corrected chi connectivity index (χ2v) is 3.85. The fraction of sp³-hybridized carbons (Fsp3) is 0.462. The summed E-state index contributed by atoms with van der Waals surface area (Å²) in [7, 11) is 4.20. The summed E-state index contributed by atoms with van der Waals surface area (Å²) in [6, 6.07) is 1.40. The van der Waals surface area contributed by atoms with Gasteiger partial charge in [-0.1, -0.05) is 0 Å². The number of carboxylic acid groups (broad SMARTS) is 1. The van der Waals surface area contributed by atoms with Gasteiger partial charge < -0.3 is 19.3 Å². The Labute approximate surface area is 110 Å². The number of ether oxygens (including phenoxy) is 3. The molecule has 0 saturated heterocycles. The molecular formula is C13H17FO5. The molecule has 0 aliphatic rings. The van der Waals surface area contributed by atoms with Crippen LogP contribution in [0.2, 0.25) is 0 Å². The van der Waals surface area contributed by atoms with Crippen LogP contribution in [0.25, 0.3) is 0 Å². The lowest BCUT2D eigenvalue weighted by Gasteiger charge is -2.15. The van der Waals surface area contributed by atoms with Gasteiger partial charge in [0.1, 0.15) is 0 Å². The maximum Gasteiger partial charge on any atom is 0.303 e. The third-order valence-corrected chi connectivity index (χ3v) is 2.70. The first-order valence-electron chi connectivity index (χ1n) is 5.74. The minimum Gasteiger partial charge on any atom is -0.494 e. The summed E-state index contributed by atoms with van der Waals surface area (Å²) >= 11 is 0. The Bertz CT molecular complexity index is 459. The Kier molecular flexibility index (Phi) is 5.41. The second kappa shape index (κ2) is 6.82. The first-order valence-corrected chi connectivity index (χ1v) is 5.74. The number of carboxylic acids is 1. The van der Waals surface area contributed by atoms with Crippen LogP contribution in [-0.2, 0) is 11.2 Å². The molecule has 6 heteroatoms. The van der Waals surface area contributed by atoms with Crippen molar-refractivity contribution in [2.45, 2.75) is 19.3 Å². The Morgan fingerprint density at radius 1 is 1.21 bits per heavy atom. The van der Waals surface area contributed by atoms with Crippen molar-refractivity contribution in [2.24, 2.45) is 0 Å². The van der Waals surface area contributed by atoms with Crippen LogP contribution < -0.4 is 14.2 Å². The second-order valence-electron chi connectivity index (χ2n) is 3.85. The fourth-order valence-corrected chi connectivity index (χ4v) is 1.81. The summed E-state index contributed by atoms with van der Waals surface area (Å²) < 4.78 is 29.3. The molecular weight excluding hydrogens is 255 g/mol. The number of carbonyl (C=O) groups is 1. The molecule has 0 aliphatic carbocycles. The van der Waals surface area contributed by atoms with E-state index >= 15 is 0 Å². The van der Waals surface area contributed by atoms with Gasteiger partial charge in [0.2, 0.25) is 0 Å². The van der Waals surface area contributed by atoms with Crippen molar-refractivity contribution >= 4 is 5.97 Å². The third-order valence-electron chi connectivity index (χ3n) is 2.70. The normalized spacial score (nSPS) is 10.1. The van der Waals surface area contributed by atoms with E-state index in [-0.39, 0.29) is 29.9 Å². The molecule has 0 saturated carbocycles. The number of benzene rings is 1. The van der Waals surface area contributed by atoms with Crippen molar-refractivity contribution in [3.8, 4) is 17.2 Å². The molecule has 0 fully saturated rings. The Morgan fingerprint density at radius 2 is 1.84 bits per heavy atom. The number of methoxy groups -OCH3 is 3. The van der Waals surface area contributed by atoms with E-state index in [1.165, 1.54) is 27.4 Å². The van der Waals surface area contributed by atoms with Crippen LogP contribution in [0.1, 0.15) is 18.4 Å². The lowest BCUT2D eigenvalue weighted by molar-refractivity contribution is -0.137. The average Bonchev–Trinajstić information content (AvgIpc) is 2.39. The van der Waals surface area contributed by atoms with Crippen molar-refractivity contribution in [3.05, 3.63) is 17.4 Å². The third kappa shape index (κ3) is 3.49. The Balaban J connectivity index is 3.13. The summed E-state index contributed by atoms with van der Waals surface area (Å²) in [5.74, 6) is -0.806. The van der Waals surface area contributed by atoms with Crippen LogP contribution in [0.15, 0.2) is 6.07 Å². The van der Waals surface area contributed by atoms with Crippen LogP contribution in [0.4, 0.5) is 4.39 Å². The van der Waals surface area contributed by atoms with E-state index < -0.39 is 11.8 Å². The number of hydrogen-bond donors (Lipinski definition) is 1. The standard InChI is InChI=1S/C13H17FO5/c1-17-9-7-10(18-2)13(19-3)8(12(9)14)5-4-6-11(15)16/h7H,4-6H2,1-3H3,(H,15,16). The molecule has 0 radical (unpaired) electrons. The summed E-state index contributed by atoms with van der Waals surface area (Å²) in [6.07, 6.45) is 0.496. The highest BCUT2D eigenvalue weighted by Gasteiger charge is 2.20. The van der Waals surface area contributed by atoms with Gasteiger partial charge in [0.05, 0.1) is 21.3 Å². The first kappa shape index (κ1) is 15.1. The van der Waals surface area contributed by atoms with Gasteiger partial charge in [-0.3, -0.25) is 4.79 Å². The van der Waals surface area contributed by atoms with E-state index in [4.69, 9.17) is 19.3 Å². The van der Waals surface area contributed by atoms with E-state index in [0.717, 1.165) is 0 Å². The molecule has 0 heterocycles. The van der Waals surface area contributed by atoms with Crippen LogP contribution in [0, 0.1) is 5.82 Å². The number of hydrogen-bond acceptors (Lipinski definition) is 4. The van der Waals surface area contributed by atoms with Gasteiger partial charge in [-0.05, 0) is 12.8 Å². The van der Waals surface area contributed by atoms with Gasteiger partial charge in [-0.15, -0.1) is 0 Å². The number of rotatable bonds is 7. The van der Waals surface area contributed by atoms with Gasteiger partial charge in [0.15, 0.2) is 23.1 Å². The lowest BCUT2D eigenvalue weighted by atomic mass is 10.0. The van der Waals surface area contributed by atoms with Crippen molar-refractivity contribution in [1.82, 2.24) is 0 Å². The van der Waals surface area contributed by atoms with Gasteiger partial charge in [-0.25, -0.2) is 4.39 Å². The monoisotopic (exact) mass is 272 g/mol. The molecule has 0 unspecified atom stereocenters. The Hall–Kier alpha value is -1.98. The average molecular weight is 272 g/mol. The smallest absolute Gasteiger partial charge is 0.303 e. The van der Waals surface area contributed by atoms with Gasteiger partial charge in [0, 0.05) is 18.1 Å². The highest BCUT2D eigenvalue weighted by molar-refractivity contribution is 5.66. The van der Waals surface area contributed by atoms with Gasteiger partial charge in [0.25, 0.3) is 0 Å². The van der Waals surface area contributed by atoms with Crippen molar-refractivity contribution in [2.75, 3.05) is 21.3 Å². The quantitative estimate of drug-likeness (QED) is 0.824. The number of halogens is 1. The topological polar surface area (TPSA) is 65.0 Å². The molecule has 1 aromatic rings. The molecule has 0 aromatic heterocycles. The summed E-state index contributed by atoms with van der Waals surface area (Å²) in [6.45, 7) is 0. The molecule has 0 amide bonds. The minimum absolute atomic E-state index is 0.0396. The summed E-state index contributed by atoms with van der Waals surface area (Å²) in [4.78, 5) is 10.5.